The molecule has 1 aromatic heterocycles. The molecular weight excluding hydrogens is 350 g/mol. The fraction of sp³-hybridized carbons (Fsp3) is 0.353. The third-order valence-corrected chi connectivity index (χ3v) is 5.36. The van der Waals surface area contributed by atoms with Crippen molar-refractivity contribution in [1.29, 1.82) is 0 Å². The first kappa shape index (κ1) is 18.3. The van der Waals surface area contributed by atoms with Gasteiger partial charge in [-0.15, -0.1) is 11.8 Å². The highest BCUT2D eigenvalue weighted by Gasteiger charge is 2.02. The molecule has 0 bridgehead atoms. The topological polar surface area (TPSA) is 42.2 Å². The van der Waals surface area contributed by atoms with Crippen LogP contribution in [0.3, 0.4) is 0 Å². The Hall–Kier alpha value is -1.04. The maximum atomic E-state index is 11.7. The summed E-state index contributed by atoms with van der Waals surface area (Å²) in [7, 11) is 0. The van der Waals surface area contributed by atoms with Crippen molar-refractivity contribution in [3.8, 4) is 0 Å². The summed E-state index contributed by atoms with van der Waals surface area (Å²) in [5.41, 5.74) is 0. The Morgan fingerprint density at radius 2 is 2.00 bits per heavy atom. The maximum Gasteiger partial charge on any atom is 0.220 e. The van der Waals surface area contributed by atoms with Crippen molar-refractivity contribution < 1.29 is 9.21 Å². The van der Waals surface area contributed by atoms with E-state index in [1.54, 1.807) is 29.8 Å². The van der Waals surface area contributed by atoms with Crippen molar-refractivity contribution in [2.45, 2.75) is 23.5 Å². The third kappa shape index (κ3) is 7.86. The van der Waals surface area contributed by atoms with Gasteiger partial charge in [-0.1, -0.05) is 11.6 Å². The van der Waals surface area contributed by atoms with E-state index in [1.807, 2.05) is 36.4 Å². The molecule has 6 heteroatoms. The Bertz CT molecular complexity index is 573. The smallest absolute Gasteiger partial charge is 0.220 e. The van der Waals surface area contributed by atoms with E-state index >= 15 is 0 Å². The van der Waals surface area contributed by atoms with E-state index in [0.717, 1.165) is 34.5 Å². The third-order valence-electron chi connectivity index (χ3n) is 3.02. The van der Waals surface area contributed by atoms with E-state index in [2.05, 4.69) is 5.32 Å². The lowest BCUT2D eigenvalue weighted by Gasteiger charge is -2.05. The monoisotopic (exact) mass is 369 g/mol. The summed E-state index contributed by atoms with van der Waals surface area (Å²) < 4.78 is 5.25. The minimum atomic E-state index is 0.125. The highest BCUT2D eigenvalue weighted by atomic mass is 35.5. The number of nitrogens with one attached hydrogen (secondary N) is 1. The van der Waals surface area contributed by atoms with E-state index in [0.29, 0.717) is 13.0 Å². The normalized spacial score (nSPS) is 10.7. The van der Waals surface area contributed by atoms with Crippen LogP contribution in [0.4, 0.5) is 0 Å². The second kappa shape index (κ2) is 10.7. The Morgan fingerprint density at radius 3 is 2.74 bits per heavy atom. The van der Waals surface area contributed by atoms with Crippen molar-refractivity contribution in [3.63, 3.8) is 0 Å². The lowest BCUT2D eigenvalue weighted by Crippen LogP contribution is -2.25. The molecule has 0 aliphatic heterocycles. The van der Waals surface area contributed by atoms with Crippen molar-refractivity contribution in [3.05, 3.63) is 53.4 Å². The van der Waals surface area contributed by atoms with Gasteiger partial charge in [0.05, 0.1) is 12.0 Å². The molecule has 2 rings (SSSR count). The number of carbonyl (C=O) groups is 1. The van der Waals surface area contributed by atoms with Gasteiger partial charge in [-0.2, -0.15) is 11.8 Å². The first-order chi connectivity index (χ1) is 11.2. The highest BCUT2D eigenvalue weighted by molar-refractivity contribution is 7.99. The summed E-state index contributed by atoms with van der Waals surface area (Å²) in [6, 6.07) is 11.6. The average molecular weight is 370 g/mol. The number of amides is 1. The van der Waals surface area contributed by atoms with E-state index in [9.17, 15) is 4.79 Å². The SMILES string of the molecule is O=C(CCCSc1ccc(Cl)cc1)NCCSCc1ccco1. The summed E-state index contributed by atoms with van der Waals surface area (Å²) in [6.45, 7) is 0.703. The number of furan rings is 1. The number of benzene rings is 1. The molecule has 1 amide bonds. The molecule has 0 radical (unpaired) electrons. The van der Waals surface area contributed by atoms with Gasteiger partial charge in [0.2, 0.25) is 5.91 Å². The molecule has 124 valence electrons. The van der Waals surface area contributed by atoms with Crippen LogP contribution in [0.1, 0.15) is 18.6 Å². The number of carbonyl (C=O) groups excluding carboxylic acids is 1. The maximum absolute atomic E-state index is 11.7. The van der Waals surface area contributed by atoms with Gasteiger partial charge < -0.3 is 9.73 Å². The van der Waals surface area contributed by atoms with Crippen molar-refractivity contribution in [2.24, 2.45) is 0 Å². The molecule has 0 saturated carbocycles. The summed E-state index contributed by atoms with van der Waals surface area (Å²) in [6.07, 6.45) is 3.13. The molecule has 0 atom stereocenters. The van der Waals surface area contributed by atoms with E-state index < -0.39 is 0 Å². The predicted molar refractivity (Wildman–Crippen MR) is 99.3 cm³/mol. The largest absolute Gasteiger partial charge is 0.468 e. The number of halogens is 1. The fourth-order valence-corrected chi connectivity index (χ4v) is 3.61. The lowest BCUT2D eigenvalue weighted by molar-refractivity contribution is -0.120. The summed E-state index contributed by atoms with van der Waals surface area (Å²) in [4.78, 5) is 12.9. The zero-order valence-corrected chi connectivity index (χ0v) is 15.2. The van der Waals surface area contributed by atoms with Crippen molar-refractivity contribution in [1.82, 2.24) is 5.32 Å². The number of hydrogen-bond acceptors (Lipinski definition) is 4. The van der Waals surface area contributed by atoms with Crippen LogP contribution >= 0.6 is 35.1 Å². The lowest BCUT2D eigenvalue weighted by atomic mass is 10.3. The van der Waals surface area contributed by atoms with Crippen LogP contribution in [0.2, 0.25) is 5.02 Å². The molecule has 0 saturated heterocycles. The molecule has 0 aliphatic carbocycles. The first-order valence-corrected chi connectivity index (χ1v) is 10.0. The Morgan fingerprint density at radius 1 is 1.17 bits per heavy atom. The zero-order chi connectivity index (χ0) is 16.3. The zero-order valence-electron chi connectivity index (χ0n) is 12.8. The van der Waals surface area contributed by atoms with Crippen molar-refractivity contribution >= 4 is 41.0 Å². The molecule has 1 heterocycles. The van der Waals surface area contributed by atoms with Crippen LogP contribution in [0.25, 0.3) is 0 Å². The second-order valence-electron chi connectivity index (χ2n) is 4.89. The second-order valence-corrected chi connectivity index (χ2v) is 7.60. The standard InChI is InChI=1S/C17H20ClNO2S2/c18-14-5-7-16(8-6-14)23-11-2-4-17(20)19-9-12-22-13-15-3-1-10-21-15/h1,3,5-8,10H,2,4,9,11-13H2,(H,19,20). The van der Waals surface area contributed by atoms with E-state index in [-0.39, 0.29) is 5.91 Å². The van der Waals surface area contributed by atoms with E-state index in [4.69, 9.17) is 16.0 Å². The summed E-state index contributed by atoms with van der Waals surface area (Å²) in [5.74, 6) is 3.77. The van der Waals surface area contributed by atoms with Gasteiger partial charge in [-0.3, -0.25) is 4.79 Å². The minimum Gasteiger partial charge on any atom is -0.468 e. The Balaban J connectivity index is 1.46. The number of thioether (sulfide) groups is 2. The molecule has 2 aromatic rings. The number of hydrogen-bond donors (Lipinski definition) is 1. The summed E-state index contributed by atoms with van der Waals surface area (Å²) in [5, 5.41) is 3.70. The van der Waals surface area contributed by atoms with Gasteiger partial charge in [-0.25, -0.2) is 0 Å². The molecule has 0 spiro atoms. The average Bonchev–Trinajstić information content (AvgIpc) is 3.06. The van der Waals surface area contributed by atoms with Gasteiger partial charge >= 0.3 is 0 Å². The van der Waals surface area contributed by atoms with Gasteiger partial charge in [0.25, 0.3) is 0 Å². The van der Waals surface area contributed by atoms with Gasteiger partial charge in [0.1, 0.15) is 5.76 Å². The van der Waals surface area contributed by atoms with Crippen LogP contribution in [-0.2, 0) is 10.5 Å². The molecule has 1 aromatic carbocycles. The number of rotatable bonds is 10. The van der Waals surface area contributed by atoms with Crippen LogP contribution in [0.15, 0.2) is 52.0 Å². The molecule has 0 aliphatic rings. The Labute approximate surface area is 150 Å². The van der Waals surface area contributed by atoms with Crippen LogP contribution in [-0.4, -0.2) is 24.0 Å². The van der Waals surface area contributed by atoms with Crippen LogP contribution in [0, 0.1) is 0 Å². The predicted octanol–water partition coefficient (Wildman–Crippen LogP) is 4.85. The molecule has 3 nitrogen and oxygen atoms in total. The molecular formula is C17H20ClNO2S2. The van der Waals surface area contributed by atoms with Crippen LogP contribution in [0.5, 0.6) is 0 Å². The van der Waals surface area contributed by atoms with E-state index in [1.165, 1.54) is 4.90 Å². The molecule has 1 N–H and O–H groups in total. The summed E-state index contributed by atoms with van der Waals surface area (Å²) >= 11 is 9.35. The molecule has 0 fully saturated rings. The van der Waals surface area contributed by atoms with Crippen molar-refractivity contribution in [2.75, 3.05) is 18.1 Å². The van der Waals surface area contributed by atoms with Gasteiger partial charge in [0, 0.05) is 28.6 Å². The van der Waals surface area contributed by atoms with Gasteiger partial charge in [0.15, 0.2) is 0 Å². The van der Waals surface area contributed by atoms with Crippen LogP contribution < -0.4 is 5.32 Å². The first-order valence-electron chi connectivity index (χ1n) is 7.49. The minimum absolute atomic E-state index is 0.125. The highest BCUT2D eigenvalue weighted by Crippen LogP contribution is 2.21. The fourth-order valence-electron chi connectivity index (χ4n) is 1.87. The molecule has 23 heavy (non-hydrogen) atoms. The quantitative estimate of drug-likeness (QED) is 0.480. The molecule has 0 unspecified atom stereocenters. The Kier molecular flexibility index (Phi) is 8.50. The van der Waals surface area contributed by atoms with Gasteiger partial charge in [-0.05, 0) is 48.6 Å².